The predicted molar refractivity (Wildman–Crippen MR) is 91.0 cm³/mol. The minimum absolute atomic E-state index is 0.00868. The van der Waals surface area contributed by atoms with Crippen LogP contribution in [0.15, 0.2) is 24.3 Å². The van der Waals surface area contributed by atoms with Crippen LogP contribution in [0.5, 0.6) is 0 Å². The smallest absolute Gasteiger partial charge is 0.132 e. The van der Waals surface area contributed by atoms with Gasteiger partial charge in [0.25, 0.3) is 0 Å². The molecule has 2 heterocycles. The molecule has 5 nitrogen and oxygen atoms in total. The number of benzene rings is 1. The molecule has 116 valence electrons. The molecule has 0 radical (unpaired) electrons. The Labute approximate surface area is 133 Å². The summed E-state index contributed by atoms with van der Waals surface area (Å²) in [6, 6.07) is 8.05. The van der Waals surface area contributed by atoms with Crippen molar-refractivity contribution in [2.75, 3.05) is 12.3 Å². The van der Waals surface area contributed by atoms with Gasteiger partial charge in [0.05, 0.1) is 34.6 Å². The summed E-state index contributed by atoms with van der Waals surface area (Å²) in [4.78, 5) is 4.71. The number of nitrogens with zero attached hydrogens (tertiary/aromatic N) is 3. The number of thiazole rings is 1. The lowest BCUT2D eigenvalue weighted by molar-refractivity contribution is 0.269. The van der Waals surface area contributed by atoms with Gasteiger partial charge in [0.1, 0.15) is 10.8 Å². The zero-order valence-corrected chi connectivity index (χ0v) is 13.8. The summed E-state index contributed by atoms with van der Waals surface area (Å²) in [7, 11) is 0. The maximum Gasteiger partial charge on any atom is 0.132 e. The molecule has 3 N–H and O–H groups in total. The van der Waals surface area contributed by atoms with Crippen molar-refractivity contribution in [3.05, 3.63) is 30.0 Å². The van der Waals surface area contributed by atoms with Gasteiger partial charge < -0.3 is 10.8 Å². The van der Waals surface area contributed by atoms with E-state index in [1.165, 1.54) is 0 Å². The molecule has 3 rings (SSSR count). The summed E-state index contributed by atoms with van der Waals surface area (Å²) >= 11 is 1.62. The van der Waals surface area contributed by atoms with Gasteiger partial charge in [0.15, 0.2) is 0 Å². The summed E-state index contributed by atoms with van der Waals surface area (Å²) < 4.78 is 2.80. The van der Waals surface area contributed by atoms with Gasteiger partial charge in [-0.05, 0) is 12.1 Å². The van der Waals surface area contributed by atoms with Gasteiger partial charge in [0.2, 0.25) is 0 Å². The molecule has 0 atom stereocenters. The molecular weight excluding hydrogens is 296 g/mol. The van der Waals surface area contributed by atoms with E-state index in [1.54, 1.807) is 16.0 Å². The van der Waals surface area contributed by atoms with Crippen LogP contribution in [0.2, 0.25) is 0 Å². The van der Waals surface area contributed by atoms with Gasteiger partial charge in [-0.3, -0.25) is 0 Å². The number of hydrogen-bond donors (Lipinski definition) is 2. The molecular formula is C16H20N4OS. The number of rotatable bonds is 3. The molecule has 0 bridgehead atoms. The first kappa shape index (κ1) is 15.0. The Morgan fingerprint density at radius 1 is 1.27 bits per heavy atom. The highest BCUT2D eigenvalue weighted by Gasteiger charge is 2.28. The van der Waals surface area contributed by atoms with Crippen LogP contribution in [-0.4, -0.2) is 26.5 Å². The maximum atomic E-state index is 9.20. The van der Waals surface area contributed by atoms with Crippen molar-refractivity contribution in [1.82, 2.24) is 14.8 Å². The monoisotopic (exact) mass is 316 g/mol. The Morgan fingerprint density at radius 3 is 2.64 bits per heavy atom. The molecule has 0 spiro atoms. The number of anilines is 1. The van der Waals surface area contributed by atoms with Crippen molar-refractivity contribution in [2.24, 2.45) is 0 Å². The fraction of sp³-hybridized carbons (Fsp3) is 0.375. The second-order valence-corrected chi connectivity index (χ2v) is 7.32. The van der Waals surface area contributed by atoms with Crippen molar-refractivity contribution in [2.45, 2.75) is 32.7 Å². The second-order valence-electron chi connectivity index (χ2n) is 6.29. The molecule has 6 heteroatoms. The Bertz CT molecular complexity index is 780. The SMILES string of the molecule is CC(C)(C)c1nn(CCO)c(N)c1-c1nc2ccccc2s1. The molecule has 0 amide bonds. The molecule has 1 aromatic carbocycles. The van der Waals surface area contributed by atoms with Gasteiger partial charge >= 0.3 is 0 Å². The van der Waals surface area contributed by atoms with Crippen LogP contribution < -0.4 is 5.73 Å². The van der Waals surface area contributed by atoms with E-state index in [1.807, 2.05) is 18.2 Å². The first-order valence-corrected chi connectivity index (χ1v) is 8.07. The molecule has 0 aliphatic carbocycles. The molecule has 0 saturated carbocycles. The number of nitrogens with two attached hydrogens (primary N) is 1. The third-order valence-corrected chi connectivity index (χ3v) is 4.58. The number of aliphatic hydroxyl groups is 1. The Kier molecular flexibility index (Phi) is 3.66. The van der Waals surface area contributed by atoms with E-state index in [4.69, 9.17) is 10.7 Å². The molecule has 3 aromatic rings. The van der Waals surface area contributed by atoms with E-state index in [9.17, 15) is 5.11 Å². The molecule has 0 aliphatic heterocycles. The number of aromatic nitrogens is 3. The summed E-state index contributed by atoms with van der Waals surface area (Å²) in [6.07, 6.45) is 0. The topological polar surface area (TPSA) is 77.0 Å². The first-order chi connectivity index (χ1) is 10.4. The Hall–Kier alpha value is -1.92. The van der Waals surface area contributed by atoms with Crippen molar-refractivity contribution in [1.29, 1.82) is 0 Å². The highest BCUT2D eigenvalue weighted by atomic mass is 32.1. The third kappa shape index (κ3) is 2.48. The minimum Gasteiger partial charge on any atom is -0.394 e. The van der Waals surface area contributed by atoms with Crippen LogP contribution >= 0.6 is 11.3 Å². The maximum absolute atomic E-state index is 9.20. The largest absolute Gasteiger partial charge is 0.394 e. The van der Waals surface area contributed by atoms with Gasteiger partial charge in [-0.2, -0.15) is 5.10 Å². The van der Waals surface area contributed by atoms with Gasteiger partial charge in [-0.15, -0.1) is 11.3 Å². The van der Waals surface area contributed by atoms with Crippen LogP contribution in [0.3, 0.4) is 0 Å². The number of hydrogen-bond acceptors (Lipinski definition) is 5. The Balaban J connectivity index is 2.23. The normalized spacial score (nSPS) is 12.2. The highest BCUT2D eigenvalue weighted by molar-refractivity contribution is 7.21. The van der Waals surface area contributed by atoms with Gasteiger partial charge in [-0.1, -0.05) is 32.9 Å². The average Bonchev–Trinajstić information content (AvgIpc) is 3.00. The summed E-state index contributed by atoms with van der Waals surface area (Å²) in [5.41, 5.74) is 8.92. The summed E-state index contributed by atoms with van der Waals surface area (Å²) in [5.74, 6) is 0.568. The Morgan fingerprint density at radius 2 is 2.00 bits per heavy atom. The molecule has 0 fully saturated rings. The van der Waals surface area contributed by atoms with Gasteiger partial charge in [0, 0.05) is 5.41 Å². The minimum atomic E-state index is -0.151. The number of fused-ring (bicyclic) bond motifs is 1. The third-order valence-electron chi connectivity index (χ3n) is 3.52. The van der Waals surface area contributed by atoms with Crippen molar-refractivity contribution in [3.8, 4) is 10.6 Å². The first-order valence-electron chi connectivity index (χ1n) is 7.25. The number of nitrogen functional groups attached to an aromatic ring is 1. The van der Waals surface area contributed by atoms with Crippen LogP contribution in [0, 0.1) is 0 Å². The lowest BCUT2D eigenvalue weighted by Gasteiger charge is -2.16. The molecule has 0 aliphatic rings. The van der Waals surface area contributed by atoms with Crippen molar-refractivity contribution in [3.63, 3.8) is 0 Å². The zero-order valence-electron chi connectivity index (χ0n) is 13.0. The molecule has 22 heavy (non-hydrogen) atoms. The van der Waals surface area contributed by atoms with E-state index in [0.29, 0.717) is 12.4 Å². The number of para-hydroxylation sites is 1. The van der Waals surface area contributed by atoms with E-state index >= 15 is 0 Å². The van der Waals surface area contributed by atoms with Crippen molar-refractivity contribution >= 4 is 27.4 Å². The summed E-state index contributed by atoms with van der Waals surface area (Å²) in [6.45, 7) is 6.72. The fourth-order valence-corrected chi connectivity index (χ4v) is 3.48. The molecule has 0 unspecified atom stereocenters. The van der Waals surface area contributed by atoms with Crippen LogP contribution in [0.1, 0.15) is 26.5 Å². The van der Waals surface area contributed by atoms with Crippen LogP contribution in [0.25, 0.3) is 20.8 Å². The molecule has 0 saturated heterocycles. The van der Waals surface area contributed by atoms with E-state index in [0.717, 1.165) is 26.5 Å². The van der Waals surface area contributed by atoms with Crippen LogP contribution in [-0.2, 0) is 12.0 Å². The lowest BCUT2D eigenvalue weighted by Crippen LogP contribution is -2.14. The quantitative estimate of drug-likeness (QED) is 0.778. The van der Waals surface area contributed by atoms with E-state index in [2.05, 4.69) is 31.9 Å². The zero-order chi connectivity index (χ0) is 15.9. The summed E-state index contributed by atoms with van der Waals surface area (Å²) in [5, 5.41) is 14.7. The standard InChI is InChI=1S/C16H20N4OS/c1-16(2,3)13-12(14(17)20(19-13)8-9-21)15-18-10-6-4-5-7-11(10)22-15/h4-7,21H,8-9,17H2,1-3H3. The van der Waals surface area contributed by atoms with Crippen LogP contribution in [0.4, 0.5) is 5.82 Å². The second kappa shape index (κ2) is 5.37. The number of aliphatic hydroxyl groups excluding tert-OH is 1. The molecule has 2 aromatic heterocycles. The van der Waals surface area contributed by atoms with Crippen molar-refractivity contribution < 1.29 is 5.11 Å². The highest BCUT2D eigenvalue weighted by Crippen LogP contribution is 2.40. The van der Waals surface area contributed by atoms with E-state index in [-0.39, 0.29) is 12.0 Å². The average molecular weight is 316 g/mol. The predicted octanol–water partition coefficient (Wildman–Crippen LogP) is 3.03. The lowest BCUT2D eigenvalue weighted by atomic mass is 9.89. The van der Waals surface area contributed by atoms with Gasteiger partial charge in [-0.25, -0.2) is 9.67 Å². The fourth-order valence-electron chi connectivity index (χ4n) is 2.46. The van der Waals surface area contributed by atoms with E-state index < -0.39 is 0 Å².